The van der Waals surface area contributed by atoms with E-state index in [1.54, 1.807) is 0 Å². The predicted octanol–water partition coefficient (Wildman–Crippen LogP) is 3.06. The molecule has 0 unspecified atom stereocenters. The fraction of sp³-hybridized carbons (Fsp3) is 0.450. The number of carbonyl (C=O) groups excluding carboxylic acids is 1. The van der Waals surface area contributed by atoms with Crippen LogP contribution in [0.15, 0.2) is 36.4 Å². The van der Waals surface area contributed by atoms with Crippen molar-refractivity contribution >= 4 is 23.3 Å². The predicted molar refractivity (Wildman–Crippen MR) is 105 cm³/mol. The van der Waals surface area contributed by atoms with Gasteiger partial charge >= 0.3 is 0 Å². The molecular weight excluding hydrogens is 364 g/mol. The fourth-order valence-corrected chi connectivity index (χ4v) is 3.87. The van der Waals surface area contributed by atoms with Gasteiger partial charge in [-0.2, -0.15) is 0 Å². The highest BCUT2D eigenvalue weighted by Crippen LogP contribution is 2.26. The third-order valence-corrected chi connectivity index (χ3v) is 5.52. The molecule has 0 spiro atoms. The van der Waals surface area contributed by atoms with Crippen molar-refractivity contribution in [3.8, 4) is 11.3 Å². The summed E-state index contributed by atoms with van der Waals surface area (Å²) < 4.78 is 5.45. The molecule has 2 aliphatic rings. The molecule has 142 valence electrons. The Kier molecular flexibility index (Phi) is 5.55. The Balaban J connectivity index is 1.33. The second-order valence-electron chi connectivity index (χ2n) is 7.03. The third kappa shape index (κ3) is 4.22. The van der Waals surface area contributed by atoms with Crippen molar-refractivity contribution in [3.05, 3.63) is 41.4 Å². The fourth-order valence-electron chi connectivity index (χ4n) is 3.64. The SMILES string of the molecule is O=C(NC1CCN(c2ccc(-c3ccccc3Cl)nn2)CC1)[C@H]1CCCO1. The summed E-state index contributed by atoms with van der Waals surface area (Å²) >= 11 is 6.23. The van der Waals surface area contributed by atoms with Crippen LogP contribution in [-0.4, -0.2) is 47.9 Å². The summed E-state index contributed by atoms with van der Waals surface area (Å²) in [6, 6.07) is 11.8. The second kappa shape index (κ2) is 8.23. The summed E-state index contributed by atoms with van der Waals surface area (Å²) in [7, 11) is 0. The zero-order valence-corrected chi connectivity index (χ0v) is 15.9. The smallest absolute Gasteiger partial charge is 0.249 e. The number of benzene rings is 1. The van der Waals surface area contributed by atoms with E-state index in [0.29, 0.717) is 11.6 Å². The standard InChI is InChI=1S/C20H23ClN4O2/c21-16-5-2-1-4-15(16)17-7-8-19(24-23-17)25-11-9-14(10-12-25)22-20(26)18-6-3-13-27-18/h1-2,4-5,7-8,14,18H,3,6,9-13H2,(H,22,26)/t18-/m1/s1. The highest BCUT2D eigenvalue weighted by atomic mass is 35.5. The molecule has 2 aromatic rings. The van der Waals surface area contributed by atoms with Crippen LogP contribution in [0, 0.1) is 0 Å². The number of carbonyl (C=O) groups is 1. The van der Waals surface area contributed by atoms with Gasteiger partial charge in [-0.05, 0) is 43.9 Å². The number of amides is 1. The molecule has 2 aliphatic heterocycles. The van der Waals surface area contributed by atoms with Crippen LogP contribution < -0.4 is 10.2 Å². The molecule has 2 saturated heterocycles. The van der Waals surface area contributed by atoms with E-state index in [1.807, 2.05) is 36.4 Å². The zero-order chi connectivity index (χ0) is 18.6. The number of nitrogens with zero attached hydrogens (tertiary/aromatic N) is 3. The van der Waals surface area contributed by atoms with Crippen LogP contribution >= 0.6 is 11.6 Å². The summed E-state index contributed by atoms with van der Waals surface area (Å²) in [6.07, 6.45) is 3.34. The first-order chi connectivity index (χ1) is 13.2. The first kappa shape index (κ1) is 18.2. The molecule has 7 heteroatoms. The lowest BCUT2D eigenvalue weighted by molar-refractivity contribution is -0.130. The molecule has 0 bridgehead atoms. The van der Waals surface area contributed by atoms with Gasteiger partial charge in [0.25, 0.3) is 0 Å². The topological polar surface area (TPSA) is 67.4 Å². The number of ether oxygens (including phenoxy) is 1. The molecule has 6 nitrogen and oxygen atoms in total. The van der Waals surface area contributed by atoms with Gasteiger partial charge in [-0.25, -0.2) is 0 Å². The van der Waals surface area contributed by atoms with Crippen LogP contribution in [0.1, 0.15) is 25.7 Å². The summed E-state index contributed by atoms with van der Waals surface area (Å²) in [5.41, 5.74) is 1.65. The summed E-state index contributed by atoms with van der Waals surface area (Å²) in [6.45, 7) is 2.38. The monoisotopic (exact) mass is 386 g/mol. The highest BCUT2D eigenvalue weighted by Gasteiger charge is 2.27. The first-order valence-electron chi connectivity index (χ1n) is 9.46. The molecule has 1 N–H and O–H groups in total. The van der Waals surface area contributed by atoms with Crippen molar-refractivity contribution < 1.29 is 9.53 Å². The van der Waals surface area contributed by atoms with Crippen molar-refractivity contribution in [2.45, 2.75) is 37.8 Å². The van der Waals surface area contributed by atoms with Gasteiger partial charge in [-0.15, -0.1) is 10.2 Å². The third-order valence-electron chi connectivity index (χ3n) is 5.19. The summed E-state index contributed by atoms with van der Waals surface area (Å²) in [5.74, 6) is 0.893. The maximum atomic E-state index is 12.2. The van der Waals surface area contributed by atoms with E-state index in [9.17, 15) is 4.79 Å². The Morgan fingerprint density at radius 1 is 1.11 bits per heavy atom. The number of aromatic nitrogens is 2. The van der Waals surface area contributed by atoms with Gasteiger partial charge in [0.2, 0.25) is 5.91 Å². The molecular formula is C20H23ClN4O2. The van der Waals surface area contributed by atoms with E-state index in [-0.39, 0.29) is 18.1 Å². The number of hydrogen-bond acceptors (Lipinski definition) is 5. The van der Waals surface area contributed by atoms with Crippen LogP contribution in [0.3, 0.4) is 0 Å². The van der Waals surface area contributed by atoms with E-state index in [4.69, 9.17) is 16.3 Å². The average molecular weight is 387 g/mol. The highest BCUT2D eigenvalue weighted by molar-refractivity contribution is 6.33. The Labute approximate surface area is 163 Å². The minimum atomic E-state index is -0.258. The van der Waals surface area contributed by atoms with Crippen LogP contribution in [-0.2, 0) is 9.53 Å². The second-order valence-corrected chi connectivity index (χ2v) is 7.44. The van der Waals surface area contributed by atoms with Gasteiger partial charge in [-0.3, -0.25) is 4.79 Å². The molecule has 1 amide bonds. The molecule has 4 rings (SSSR count). The number of nitrogens with one attached hydrogen (secondary N) is 1. The van der Waals surface area contributed by atoms with Crippen LogP contribution in [0.2, 0.25) is 5.02 Å². The molecule has 0 aliphatic carbocycles. The molecule has 27 heavy (non-hydrogen) atoms. The zero-order valence-electron chi connectivity index (χ0n) is 15.1. The van der Waals surface area contributed by atoms with Crippen molar-refractivity contribution in [2.75, 3.05) is 24.6 Å². The molecule has 0 saturated carbocycles. The molecule has 1 aromatic carbocycles. The number of anilines is 1. The maximum absolute atomic E-state index is 12.2. The average Bonchev–Trinajstić information content (AvgIpc) is 3.24. The Hall–Kier alpha value is -2.18. The van der Waals surface area contributed by atoms with Crippen molar-refractivity contribution in [1.29, 1.82) is 0 Å². The Morgan fingerprint density at radius 3 is 2.59 bits per heavy atom. The van der Waals surface area contributed by atoms with E-state index < -0.39 is 0 Å². The number of halogens is 1. The summed E-state index contributed by atoms with van der Waals surface area (Å²) in [5, 5.41) is 12.5. The van der Waals surface area contributed by atoms with Crippen LogP contribution in [0.4, 0.5) is 5.82 Å². The van der Waals surface area contributed by atoms with E-state index in [0.717, 1.165) is 55.8 Å². The molecule has 3 heterocycles. The molecule has 2 fully saturated rings. The van der Waals surface area contributed by atoms with Gasteiger partial charge in [-0.1, -0.05) is 29.8 Å². The minimum Gasteiger partial charge on any atom is -0.368 e. The Bertz CT molecular complexity index is 785. The summed E-state index contributed by atoms with van der Waals surface area (Å²) in [4.78, 5) is 14.4. The largest absolute Gasteiger partial charge is 0.368 e. The molecule has 0 radical (unpaired) electrons. The lowest BCUT2D eigenvalue weighted by Gasteiger charge is -2.33. The number of rotatable bonds is 4. The van der Waals surface area contributed by atoms with Gasteiger partial charge in [0.15, 0.2) is 5.82 Å². The normalized spacial score (nSPS) is 20.6. The lowest BCUT2D eigenvalue weighted by Crippen LogP contribution is -2.47. The van der Waals surface area contributed by atoms with Crippen LogP contribution in [0.5, 0.6) is 0 Å². The molecule has 1 aromatic heterocycles. The van der Waals surface area contributed by atoms with Crippen molar-refractivity contribution in [2.24, 2.45) is 0 Å². The van der Waals surface area contributed by atoms with Gasteiger partial charge < -0.3 is 15.0 Å². The quantitative estimate of drug-likeness (QED) is 0.874. The Morgan fingerprint density at radius 2 is 1.93 bits per heavy atom. The first-order valence-corrected chi connectivity index (χ1v) is 9.84. The van der Waals surface area contributed by atoms with Gasteiger partial charge in [0, 0.05) is 31.3 Å². The molecule has 1 atom stereocenters. The van der Waals surface area contributed by atoms with Crippen molar-refractivity contribution in [1.82, 2.24) is 15.5 Å². The number of piperidine rings is 1. The van der Waals surface area contributed by atoms with E-state index in [1.165, 1.54) is 0 Å². The van der Waals surface area contributed by atoms with Crippen LogP contribution in [0.25, 0.3) is 11.3 Å². The van der Waals surface area contributed by atoms with Gasteiger partial charge in [0.05, 0.1) is 10.7 Å². The minimum absolute atomic E-state index is 0.0369. The van der Waals surface area contributed by atoms with E-state index >= 15 is 0 Å². The number of hydrogen-bond donors (Lipinski definition) is 1. The van der Waals surface area contributed by atoms with Crippen molar-refractivity contribution in [3.63, 3.8) is 0 Å². The van der Waals surface area contributed by atoms with E-state index in [2.05, 4.69) is 20.4 Å². The van der Waals surface area contributed by atoms with Gasteiger partial charge in [0.1, 0.15) is 6.10 Å². The maximum Gasteiger partial charge on any atom is 0.249 e. The lowest BCUT2D eigenvalue weighted by atomic mass is 10.0.